The molecule has 3 N–H and O–H groups in total. The molecule has 0 saturated carbocycles. The topological polar surface area (TPSA) is 106 Å². The highest BCUT2D eigenvalue weighted by atomic mass is 32.2. The summed E-state index contributed by atoms with van der Waals surface area (Å²) in [6.07, 6.45) is 1.46. The quantitative estimate of drug-likeness (QED) is 0.838. The van der Waals surface area contributed by atoms with Crippen LogP contribution in [0.25, 0.3) is 0 Å². The van der Waals surface area contributed by atoms with Gasteiger partial charge in [0.25, 0.3) is 0 Å². The molecule has 0 radical (unpaired) electrons. The maximum absolute atomic E-state index is 11.6. The molecule has 8 heteroatoms. The minimum atomic E-state index is -3.73. The molecule has 1 saturated heterocycles. The minimum Gasteiger partial charge on any atom is -0.306 e. The first-order valence-corrected chi connectivity index (χ1v) is 10.1. The number of sulfonamides is 1. The smallest absolute Gasteiger partial charge is 0.238 e. The molecule has 1 aromatic carbocycles. The van der Waals surface area contributed by atoms with E-state index in [1.165, 1.54) is 12.1 Å². The van der Waals surface area contributed by atoms with Gasteiger partial charge in [-0.2, -0.15) is 0 Å². The fourth-order valence-corrected chi connectivity index (χ4v) is 4.78. The lowest BCUT2D eigenvalue weighted by Gasteiger charge is -2.27. The fourth-order valence-electron chi connectivity index (χ4n) is 2.56. The lowest BCUT2D eigenvalue weighted by atomic mass is 10.1. The molecule has 1 heterocycles. The number of hydrogen-bond donors (Lipinski definition) is 2. The summed E-state index contributed by atoms with van der Waals surface area (Å²) in [5.74, 6) is 0.382. The second kappa shape index (κ2) is 6.04. The zero-order chi connectivity index (χ0) is 15.7. The van der Waals surface area contributed by atoms with Gasteiger partial charge in [0.05, 0.1) is 16.4 Å². The van der Waals surface area contributed by atoms with E-state index in [9.17, 15) is 16.8 Å². The summed E-state index contributed by atoms with van der Waals surface area (Å²) in [5, 5.41) is 8.37. The van der Waals surface area contributed by atoms with Crippen molar-refractivity contribution in [2.24, 2.45) is 5.14 Å². The van der Waals surface area contributed by atoms with Crippen molar-refractivity contribution < 1.29 is 16.8 Å². The number of benzene rings is 1. The van der Waals surface area contributed by atoms with E-state index in [0.29, 0.717) is 6.42 Å². The third-order valence-electron chi connectivity index (χ3n) is 3.64. The lowest BCUT2D eigenvalue weighted by molar-refractivity contribution is 0.437. The third kappa shape index (κ3) is 4.50. The normalized spacial score (nSPS) is 23.6. The van der Waals surface area contributed by atoms with Gasteiger partial charge in [0.1, 0.15) is 0 Å². The van der Waals surface area contributed by atoms with Gasteiger partial charge in [0.2, 0.25) is 10.0 Å². The molecule has 1 aromatic rings. The molecule has 0 aliphatic carbocycles. The van der Waals surface area contributed by atoms with Gasteiger partial charge in [0.15, 0.2) is 9.84 Å². The SMILES string of the molecule is CC(NC1CCCS(=O)(=O)C1)c1cccc(S(N)(=O)=O)c1. The Kier molecular flexibility index (Phi) is 4.72. The van der Waals surface area contributed by atoms with E-state index in [1.54, 1.807) is 12.1 Å². The molecule has 1 aliphatic heterocycles. The molecular weight excluding hydrogens is 312 g/mol. The fraction of sp³-hybridized carbons (Fsp3) is 0.538. The van der Waals surface area contributed by atoms with Crippen LogP contribution >= 0.6 is 0 Å². The van der Waals surface area contributed by atoms with Gasteiger partial charge in [-0.3, -0.25) is 0 Å². The van der Waals surface area contributed by atoms with Crippen LogP contribution in [0.4, 0.5) is 0 Å². The molecule has 21 heavy (non-hydrogen) atoms. The van der Waals surface area contributed by atoms with Crippen molar-refractivity contribution in [1.29, 1.82) is 0 Å². The van der Waals surface area contributed by atoms with Crippen LogP contribution in [0.5, 0.6) is 0 Å². The maximum Gasteiger partial charge on any atom is 0.238 e. The Morgan fingerprint density at radius 2 is 2.10 bits per heavy atom. The van der Waals surface area contributed by atoms with E-state index >= 15 is 0 Å². The molecule has 1 aliphatic rings. The van der Waals surface area contributed by atoms with Crippen molar-refractivity contribution in [3.05, 3.63) is 29.8 Å². The predicted octanol–water partition coefficient (Wildman–Crippen LogP) is 0.562. The van der Waals surface area contributed by atoms with E-state index in [-0.39, 0.29) is 28.5 Å². The van der Waals surface area contributed by atoms with Gasteiger partial charge in [-0.15, -0.1) is 0 Å². The second-order valence-electron chi connectivity index (χ2n) is 5.46. The van der Waals surface area contributed by atoms with E-state index in [0.717, 1.165) is 12.0 Å². The Hall–Kier alpha value is -0.960. The number of rotatable bonds is 4. The second-order valence-corrected chi connectivity index (χ2v) is 9.25. The van der Waals surface area contributed by atoms with E-state index in [4.69, 9.17) is 5.14 Å². The van der Waals surface area contributed by atoms with Crippen LogP contribution in [0.1, 0.15) is 31.4 Å². The first kappa shape index (κ1) is 16.4. The first-order valence-electron chi connectivity index (χ1n) is 6.77. The van der Waals surface area contributed by atoms with Crippen LogP contribution in [0.2, 0.25) is 0 Å². The molecule has 0 aromatic heterocycles. The van der Waals surface area contributed by atoms with E-state index in [2.05, 4.69) is 5.32 Å². The highest BCUT2D eigenvalue weighted by Gasteiger charge is 2.26. The zero-order valence-electron chi connectivity index (χ0n) is 11.8. The van der Waals surface area contributed by atoms with Crippen molar-refractivity contribution >= 4 is 19.9 Å². The van der Waals surface area contributed by atoms with E-state index in [1.807, 2.05) is 6.92 Å². The Labute approximate surface area is 125 Å². The van der Waals surface area contributed by atoms with Crippen molar-refractivity contribution in [1.82, 2.24) is 5.32 Å². The molecule has 1 fully saturated rings. The largest absolute Gasteiger partial charge is 0.306 e. The molecule has 118 valence electrons. The van der Waals surface area contributed by atoms with Crippen LogP contribution in [0, 0.1) is 0 Å². The first-order chi connectivity index (χ1) is 9.67. The summed E-state index contributed by atoms with van der Waals surface area (Å²) in [5.41, 5.74) is 0.768. The van der Waals surface area contributed by atoms with Crippen molar-refractivity contribution in [2.45, 2.75) is 36.7 Å². The van der Waals surface area contributed by atoms with Crippen LogP contribution in [-0.2, 0) is 19.9 Å². The van der Waals surface area contributed by atoms with E-state index < -0.39 is 19.9 Å². The summed E-state index contributed by atoms with van der Waals surface area (Å²) < 4.78 is 46.0. The maximum atomic E-state index is 11.6. The standard InChI is InChI=1S/C13H20N2O4S2/c1-10(15-12-5-3-7-20(16,17)9-12)11-4-2-6-13(8-11)21(14,18)19/h2,4,6,8,10,12,15H,3,5,7,9H2,1H3,(H2,14,18,19). The van der Waals surface area contributed by atoms with Gasteiger partial charge in [-0.05, 0) is 37.5 Å². The summed E-state index contributed by atoms with van der Waals surface area (Å²) in [4.78, 5) is 0.0601. The van der Waals surface area contributed by atoms with Crippen molar-refractivity contribution in [2.75, 3.05) is 11.5 Å². The number of primary sulfonamides is 1. The molecule has 0 amide bonds. The Morgan fingerprint density at radius 1 is 1.38 bits per heavy atom. The predicted molar refractivity (Wildman–Crippen MR) is 81.0 cm³/mol. The van der Waals surface area contributed by atoms with Crippen LogP contribution < -0.4 is 10.5 Å². The average molecular weight is 332 g/mol. The third-order valence-corrected chi connectivity index (χ3v) is 6.37. The van der Waals surface area contributed by atoms with Crippen LogP contribution in [0.3, 0.4) is 0 Å². The number of nitrogens with one attached hydrogen (secondary N) is 1. The Morgan fingerprint density at radius 3 is 2.71 bits per heavy atom. The summed E-state index contributed by atoms with van der Waals surface area (Å²) >= 11 is 0. The lowest BCUT2D eigenvalue weighted by Crippen LogP contribution is -2.41. The van der Waals surface area contributed by atoms with Gasteiger partial charge in [-0.25, -0.2) is 22.0 Å². The molecule has 2 unspecified atom stereocenters. The minimum absolute atomic E-state index is 0.0601. The Balaban J connectivity index is 2.12. The Bertz CT molecular complexity index is 713. The molecule has 6 nitrogen and oxygen atoms in total. The van der Waals surface area contributed by atoms with Crippen LogP contribution in [-0.4, -0.2) is 34.4 Å². The summed E-state index contributed by atoms with van der Waals surface area (Å²) in [7, 11) is -6.70. The average Bonchev–Trinajstić information content (AvgIpc) is 2.36. The number of sulfone groups is 1. The highest BCUT2D eigenvalue weighted by molar-refractivity contribution is 7.91. The monoisotopic (exact) mass is 332 g/mol. The molecule has 0 spiro atoms. The highest BCUT2D eigenvalue weighted by Crippen LogP contribution is 2.20. The van der Waals surface area contributed by atoms with Crippen LogP contribution in [0.15, 0.2) is 29.2 Å². The van der Waals surface area contributed by atoms with Gasteiger partial charge in [-0.1, -0.05) is 12.1 Å². The molecule has 0 bridgehead atoms. The van der Waals surface area contributed by atoms with Crippen molar-refractivity contribution in [3.63, 3.8) is 0 Å². The van der Waals surface area contributed by atoms with Gasteiger partial charge < -0.3 is 5.32 Å². The summed E-state index contributed by atoms with van der Waals surface area (Å²) in [6.45, 7) is 1.88. The molecular formula is C13H20N2O4S2. The summed E-state index contributed by atoms with van der Waals surface area (Å²) in [6, 6.07) is 6.14. The van der Waals surface area contributed by atoms with Gasteiger partial charge >= 0.3 is 0 Å². The van der Waals surface area contributed by atoms with Crippen molar-refractivity contribution in [3.8, 4) is 0 Å². The number of hydrogen-bond acceptors (Lipinski definition) is 5. The zero-order valence-corrected chi connectivity index (χ0v) is 13.5. The van der Waals surface area contributed by atoms with Gasteiger partial charge in [0, 0.05) is 12.1 Å². The molecule has 2 atom stereocenters. The molecule has 2 rings (SSSR count). The number of nitrogens with two attached hydrogens (primary N) is 1.